The highest BCUT2D eigenvalue weighted by atomic mass is 79.9. The van der Waals surface area contributed by atoms with Gasteiger partial charge in [0.2, 0.25) is 0 Å². The Hall–Kier alpha value is -3.21. The van der Waals surface area contributed by atoms with Gasteiger partial charge < -0.3 is 20.4 Å². The highest BCUT2D eigenvalue weighted by Crippen LogP contribution is 2.35. The first-order chi connectivity index (χ1) is 17.4. The Morgan fingerprint density at radius 1 is 1.08 bits per heavy atom. The molecule has 2 aliphatic heterocycles. The average Bonchev–Trinajstić information content (AvgIpc) is 2.89. The summed E-state index contributed by atoms with van der Waals surface area (Å²) in [5, 5.41) is 18.4. The fraction of sp³-hybridized carbons (Fsp3) is 0.480. The lowest BCUT2D eigenvalue weighted by Crippen LogP contribution is -2.45. The molecule has 0 aliphatic carbocycles. The zero-order valence-corrected chi connectivity index (χ0v) is 21.9. The number of nitro benzene ring substituents is 1. The highest BCUT2D eigenvalue weighted by Gasteiger charge is 2.31. The number of anilines is 2. The lowest BCUT2D eigenvalue weighted by Gasteiger charge is -2.34. The van der Waals surface area contributed by atoms with E-state index in [2.05, 4.69) is 31.5 Å². The lowest BCUT2D eigenvalue weighted by molar-refractivity contribution is -0.384. The van der Waals surface area contributed by atoms with Crippen LogP contribution in [0.5, 0.6) is 0 Å². The molecule has 2 N–H and O–H groups in total. The van der Waals surface area contributed by atoms with Crippen molar-refractivity contribution < 1.29 is 14.5 Å². The van der Waals surface area contributed by atoms with Gasteiger partial charge in [-0.05, 0) is 51.2 Å². The Balaban J connectivity index is 1.57. The molecule has 3 heterocycles. The van der Waals surface area contributed by atoms with Gasteiger partial charge in [-0.2, -0.15) is 0 Å². The number of halogens is 1. The van der Waals surface area contributed by atoms with Crippen molar-refractivity contribution in [3.05, 3.63) is 56.3 Å². The van der Waals surface area contributed by atoms with Crippen LogP contribution in [0.1, 0.15) is 59.7 Å². The van der Waals surface area contributed by atoms with Crippen molar-refractivity contribution in [2.24, 2.45) is 0 Å². The fourth-order valence-electron chi connectivity index (χ4n) is 4.85. The maximum absolute atomic E-state index is 13.4. The van der Waals surface area contributed by atoms with E-state index < -0.39 is 4.92 Å². The number of carbonyl (C=O) groups is 2. The first-order valence-corrected chi connectivity index (χ1v) is 13.2. The first kappa shape index (κ1) is 25.9. The van der Waals surface area contributed by atoms with Crippen LogP contribution in [0.2, 0.25) is 0 Å². The number of hydrogen-bond acceptors (Lipinski definition) is 7. The summed E-state index contributed by atoms with van der Waals surface area (Å²) in [6, 6.07) is 4.61. The Kier molecular flexibility index (Phi) is 8.40. The topological polar surface area (TPSA) is 121 Å². The summed E-state index contributed by atoms with van der Waals surface area (Å²) in [6.07, 6.45) is 7.62. The summed E-state index contributed by atoms with van der Waals surface area (Å²) in [5.74, 6) is -0.347. The van der Waals surface area contributed by atoms with Crippen molar-refractivity contribution in [2.75, 3.05) is 43.4 Å². The van der Waals surface area contributed by atoms with Crippen LogP contribution in [-0.4, -0.2) is 70.3 Å². The molecule has 11 heteroatoms. The van der Waals surface area contributed by atoms with Gasteiger partial charge in [-0.3, -0.25) is 24.7 Å². The number of carbonyl (C=O) groups excluding carboxylic acids is 2. The van der Waals surface area contributed by atoms with E-state index in [1.807, 2.05) is 6.92 Å². The number of likely N-dealkylation sites (tertiary alicyclic amines) is 2. The highest BCUT2D eigenvalue weighted by molar-refractivity contribution is 9.10. The molecule has 0 saturated carbocycles. The summed E-state index contributed by atoms with van der Waals surface area (Å²) >= 11 is 3.34. The minimum absolute atomic E-state index is 0.135. The number of rotatable bonds is 7. The van der Waals surface area contributed by atoms with E-state index >= 15 is 0 Å². The number of piperidine rings is 2. The molecule has 10 nitrogen and oxygen atoms in total. The number of nitro groups is 1. The standard InChI is InChI=1S/C25H31BrN6O4/c1-2-28-20-11-17(14-27-15-20)24(33)31-10-6-7-19(16-31)29-23-21(12-18(26)13-22(23)32(35)36)25(34)30-8-4-3-5-9-30/h11-15,19,28-29H,2-10,16H2,1H3/t19-/m1/s1. The molecule has 0 bridgehead atoms. The molecule has 1 aromatic heterocycles. The monoisotopic (exact) mass is 558 g/mol. The molecule has 0 spiro atoms. The number of nitrogens with zero attached hydrogens (tertiary/aromatic N) is 4. The molecule has 192 valence electrons. The van der Waals surface area contributed by atoms with Crippen molar-refractivity contribution in [1.29, 1.82) is 0 Å². The number of pyridine rings is 1. The molecular formula is C25H31BrN6O4. The Morgan fingerprint density at radius 2 is 1.83 bits per heavy atom. The van der Waals surface area contributed by atoms with Gasteiger partial charge in [0.25, 0.3) is 17.5 Å². The van der Waals surface area contributed by atoms with Crippen LogP contribution in [0.25, 0.3) is 0 Å². The third-order valence-electron chi connectivity index (χ3n) is 6.58. The minimum atomic E-state index is -0.469. The van der Waals surface area contributed by atoms with E-state index in [4.69, 9.17) is 0 Å². The van der Waals surface area contributed by atoms with Crippen molar-refractivity contribution >= 4 is 44.8 Å². The SMILES string of the molecule is CCNc1cncc(C(=O)N2CCC[C@@H](Nc3c(C(=O)N4CCCCC4)cc(Br)cc3[N+](=O)[O-])C2)c1. The van der Waals surface area contributed by atoms with Crippen molar-refractivity contribution in [3.63, 3.8) is 0 Å². The summed E-state index contributed by atoms with van der Waals surface area (Å²) in [5.41, 5.74) is 1.61. The Bertz CT molecular complexity index is 1140. The van der Waals surface area contributed by atoms with Crippen LogP contribution in [0.15, 0.2) is 35.1 Å². The number of amides is 2. The molecule has 2 aliphatic rings. The summed E-state index contributed by atoms with van der Waals surface area (Å²) in [6.45, 7) is 4.94. The van der Waals surface area contributed by atoms with E-state index in [0.29, 0.717) is 36.2 Å². The van der Waals surface area contributed by atoms with Crippen molar-refractivity contribution in [3.8, 4) is 0 Å². The maximum Gasteiger partial charge on any atom is 0.294 e. The summed E-state index contributed by atoms with van der Waals surface area (Å²) in [7, 11) is 0. The van der Waals surface area contributed by atoms with Crippen LogP contribution in [0, 0.1) is 10.1 Å². The second-order valence-corrected chi connectivity index (χ2v) is 10.1. The van der Waals surface area contributed by atoms with Gasteiger partial charge in [-0.1, -0.05) is 15.9 Å². The number of benzene rings is 1. The molecular weight excluding hydrogens is 528 g/mol. The van der Waals surface area contributed by atoms with E-state index in [9.17, 15) is 19.7 Å². The predicted octanol–water partition coefficient (Wildman–Crippen LogP) is 4.53. The van der Waals surface area contributed by atoms with Crippen LogP contribution in [0.4, 0.5) is 17.1 Å². The second-order valence-electron chi connectivity index (χ2n) is 9.18. The molecule has 0 radical (unpaired) electrons. The van der Waals surface area contributed by atoms with Gasteiger partial charge in [0, 0.05) is 61.7 Å². The van der Waals surface area contributed by atoms with Gasteiger partial charge >= 0.3 is 0 Å². The third kappa shape index (κ3) is 5.95. The number of hydrogen-bond donors (Lipinski definition) is 2. The molecule has 4 rings (SSSR count). The van der Waals surface area contributed by atoms with Crippen LogP contribution < -0.4 is 10.6 Å². The fourth-order valence-corrected chi connectivity index (χ4v) is 5.29. The minimum Gasteiger partial charge on any atom is -0.384 e. The van der Waals surface area contributed by atoms with Crippen molar-refractivity contribution in [2.45, 2.75) is 45.1 Å². The molecule has 2 fully saturated rings. The van der Waals surface area contributed by atoms with E-state index in [0.717, 1.165) is 44.3 Å². The van der Waals surface area contributed by atoms with Crippen LogP contribution in [0.3, 0.4) is 0 Å². The molecule has 1 atom stereocenters. The van der Waals surface area contributed by atoms with Crippen LogP contribution >= 0.6 is 15.9 Å². The summed E-state index contributed by atoms with van der Waals surface area (Å²) < 4.78 is 0.480. The second kappa shape index (κ2) is 11.7. The Labute approximate surface area is 218 Å². The largest absolute Gasteiger partial charge is 0.384 e. The van der Waals surface area contributed by atoms with E-state index in [1.165, 1.54) is 6.07 Å². The van der Waals surface area contributed by atoms with Crippen molar-refractivity contribution in [1.82, 2.24) is 14.8 Å². The molecule has 36 heavy (non-hydrogen) atoms. The van der Waals surface area contributed by atoms with Gasteiger partial charge in [-0.15, -0.1) is 0 Å². The lowest BCUT2D eigenvalue weighted by atomic mass is 10.0. The zero-order chi connectivity index (χ0) is 25.7. The van der Waals surface area contributed by atoms with Gasteiger partial charge in [0.15, 0.2) is 0 Å². The van der Waals surface area contributed by atoms with Gasteiger partial charge in [0.05, 0.1) is 21.7 Å². The smallest absolute Gasteiger partial charge is 0.294 e. The predicted molar refractivity (Wildman–Crippen MR) is 141 cm³/mol. The van der Waals surface area contributed by atoms with Gasteiger partial charge in [0.1, 0.15) is 5.69 Å². The maximum atomic E-state index is 13.4. The molecule has 2 saturated heterocycles. The quantitative estimate of drug-likeness (QED) is 0.378. The molecule has 0 unspecified atom stereocenters. The third-order valence-corrected chi connectivity index (χ3v) is 7.03. The Morgan fingerprint density at radius 3 is 2.56 bits per heavy atom. The number of aromatic nitrogens is 1. The number of nitrogens with one attached hydrogen (secondary N) is 2. The normalized spacial score (nSPS) is 18.0. The van der Waals surface area contributed by atoms with E-state index in [-0.39, 0.29) is 34.8 Å². The van der Waals surface area contributed by atoms with Gasteiger partial charge in [-0.25, -0.2) is 0 Å². The van der Waals surface area contributed by atoms with Crippen LogP contribution in [-0.2, 0) is 0 Å². The summed E-state index contributed by atoms with van der Waals surface area (Å²) in [4.78, 5) is 45.8. The van der Waals surface area contributed by atoms with E-state index in [1.54, 1.807) is 34.3 Å². The molecule has 2 amide bonds. The average molecular weight is 559 g/mol. The zero-order valence-electron chi connectivity index (χ0n) is 20.3. The first-order valence-electron chi connectivity index (χ1n) is 12.4. The molecule has 1 aromatic carbocycles. The molecule has 2 aromatic rings.